The molecule has 0 radical (unpaired) electrons. The Kier molecular flexibility index (Phi) is 10.6. The number of likely N-dealkylation sites (tertiary alicyclic amines) is 1. The lowest BCUT2D eigenvalue weighted by atomic mass is 10.1. The molecule has 0 aromatic heterocycles. The van der Waals surface area contributed by atoms with Gasteiger partial charge in [-0.05, 0) is 70.3 Å². The summed E-state index contributed by atoms with van der Waals surface area (Å²) in [6.45, 7) is 6.11. The molecule has 2 heterocycles. The van der Waals surface area contributed by atoms with E-state index in [-0.39, 0.29) is 0 Å². The van der Waals surface area contributed by atoms with Gasteiger partial charge in [0.2, 0.25) is 0 Å². The number of rotatable bonds is 10. The van der Waals surface area contributed by atoms with Gasteiger partial charge in [0, 0.05) is 39.8 Å². The molecule has 0 aliphatic carbocycles. The first-order valence-electron chi connectivity index (χ1n) is 12.2. The Morgan fingerprint density at radius 3 is 2.59 bits per heavy atom. The third-order valence-electron chi connectivity index (χ3n) is 6.14. The van der Waals surface area contributed by atoms with Crippen molar-refractivity contribution in [2.24, 2.45) is 4.99 Å². The Balaban J connectivity index is 1.34. The fourth-order valence-corrected chi connectivity index (χ4v) is 4.20. The quantitative estimate of drug-likeness (QED) is 0.339. The second-order valence-corrected chi connectivity index (χ2v) is 9.06. The van der Waals surface area contributed by atoms with Crippen molar-refractivity contribution in [2.45, 2.75) is 57.3 Å². The highest BCUT2D eigenvalue weighted by molar-refractivity contribution is 5.79. The van der Waals surface area contributed by atoms with Crippen molar-refractivity contribution in [3.63, 3.8) is 0 Å². The molecule has 1 aromatic carbocycles. The van der Waals surface area contributed by atoms with Crippen molar-refractivity contribution in [1.82, 2.24) is 15.1 Å². The van der Waals surface area contributed by atoms with E-state index in [1.807, 2.05) is 19.2 Å². The molecule has 1 aromatic rings. The number of nitrogens with zero attached hydrogens (tertiary/aromatic N) is 3. The minimum atomic E-state index is 0.297. The molecule has 180 valence electrons. The fourth-order valence-electron chi connectivity index (χ4n) is 4.20. The number of piperidine rings is 1. The summed E-state index contributed by atoms with van der Waals surface area (Å²) in [6.07, 6.45) is 7.32. The summed E-state index contributed by atoms with van der Waals surface area (Å²) in [5, 5.41) is 3.51. The van der Waals surface area contributed by atoms with Crippen LogP contribution in [0, 0.1) is 0 Å². The number of nitrogens with one attached hydrogen (secondary N) is 1. The average molecular weight is 447 g/mol. The van der Waals surface area contributed by atoms with Gasteiger partial charge in [0.25, 0.3) is 0 Å². The van der Waals surface area contributed by atoms with Crippen LogP contribution in [0.4, 0.5) is 0 Å². The van der Waals surface area contributed by atoms with E-state index in [9.17, 15) is 0 Å². The van der Waals surface area contributed by atoms with Gasteiger partial charge < -0.3 is 29.3 Å². The number of aliphatic imine (C=N–C) groups is 1. The molecule has 7 heteroatoms. The van der Waals surface area contributed by atoms with Crippen LogP contribution >= 0.6 is 0 Å². The van der Waals surface area contributed by atoms with Crippen molar-refractivity contribution in [3.05, 3.63) is 29.8 Å². The van der Waals surface area contributed by atoms with Crippen LogP contribution in [0.3, 0.4) is 0 Å². The van der Waals surface area contributed by atoms with Crippen molar-refractivity contribution >= 4 is 5.96 Å². The highest BCUT2D eigenvalue weighted by Gasteiger charge is 2.23. The van der Waals surface area contributed by atoms with Crippen molar-refractivity contribution < 1.29 is 14.2 Å². The van der Waals surface area contributed by atoms with Crippen molar-refractivity contribution in [2.75, 3.05) is 60.6 Å². The molecule has 0 amide bonds. The first-order chi connectivity index (χ1) is 15.6. The number of hydrogen-bond acceptors (Lipinski definition) is 5. The van der Waals surface area contributed by atoms with Crippen LogP contribution in [-0.4, -0.2) is 88.6 Å². The van der Waals surface area contributed by atoms with Crippen LogP contribution in [0.25, 0.3) is 0 Å². The topological polar surface area (TPSA) is 58.6 Å². The Bertz CT molecular complexity index is 666. The Morgan fingerprint density at radius 2 is 1.94 bits per heavy atom. The molecule has 1 atom stereocenters. The van der Waals surface area contributed by atoms with E-state index < -0.39 is 0 Å². The normalized spacial score (nSPS) is 20.6. The molecule has 1 N–H and O–H groups in total. The zero-order valence-electron chi connectivity index (χ0n) is 20.2. The monoisotopic (exact) mass is 446 g/mol. The van der Waals surface area contributed by atoms with Crippen molar-refractivity contribution in [3.8, 4) is 5.75 Å². The molecule has 1 unspecified atom stereocenters. The predicted octanol–water partition coefficient (Wildman–Crippen LogP) is 3.14. The van der Waals surface area contributed by atoms with Gasteiger partial charge in [-0.15, -0.1) is 0 Å². The van der Waals surface area contributed by atoms with E-state index in [4.69, 9.17) is 14.2 Å². The molecule has 2 aliphatic heterocycles. The summed E-state index contributed by atoms with van der Waals surface area (Å²) < 4.78 is 17.8. The highest BCUT2D eigenvalue weighted by Crippen LogP contribution is 2.18. The van der Waals surface area contributed by atoms with Crippen LogP contribution < -0.4 is 10.1 Å². The zero-order valence-corrected chi connectivity index (χ0v) is 20.2. The second-order valence-electron chi connectivity index (χ2n) is 9.06. The Hall–Kier alpha value is -1.83. The molecule has 7 nitrogen and oxygen atoms in total. The summed E-state index contributed by atoms with van der Waals surface area (Å²) in [5.41, 5.74) is 1.22. The summed E-state index contributed by atoms with van der Waals surface area (Å²) in [4.78, 5) is 9.00. The zero-order chi connectivity index (χ0) is 22.6. The minimum absolute atomic E-state index is 0.297. The summed E-state index contributed by atoms with van der Waals surface area (Å²) in [5.74, 6) is 1.89. The molecule has 2 aliphatic rings. The fraction of sp³-hybridized carbons (Fsp3) is 0.720. The van der Waals surface area contributed by atoms with Gasteiger partial charge in [0.1, 0.15) is 5.75 Å². The summed E-state index contributed by atoms with van der Waals surface area (Å²) in [7, 11) is 6.02. The van der Waals surface area contributed by atoms with Crippen LogP contribution in [0.5, 0.6) is 5.75 Å². The largest absolute Gasteiger partial charge is 0.494 e. The SMILES string of the molecule is CN=C(NCc1ccc(OCCCN(C)C)cc1)N1CCC(OCC2CCCCO2)CC1. The lowest BCUT2D eigenvalue weighted by molar-refractivity contribution is -0.0721. The van der Waals surface area contributed by atoms with Crippen LogP contribution in [0.2, 0.25) is 0 Å². The van der Waals surface area contributed by atoms with E-state index >= 15 is 0 Å². The molecule has 32 heavy (non-hydrogen) atoms. The van der Waals surface area contributed by atoms with Gasteiger partial charge in [0.05, 0.1) is 25.4 Å². The minimum Gasteiger partial charge on any atom is -0.494 e. The predicted molar refractivity (Wildman–Crippen MR) is 129 cm³/mol. The van der Waals surface area contributed by atoms with Crippen LogP contribution in [-0.2, 0) is 16.0 Å². The van der Waals surface area contributed by atoms with Gasteiger partial charge >= 0.3 is 0 Å². The number of hydrogen-bond donors (Lipinski definition) is 1. The van der Waals surface area contributed by atoms with E-state index in [0.717, 1.165) is 83.4 Å². The van der Waals surface area contributed by atoms with Gasteiger partial charge in [-0.2, -0.15) is 0 Å². The molecule has 2 saturated heterocycles. The Morgan fingerprint density at radius 1 is 1.16 bits per heavy atom. The molecule has 0 bridgehead atoms. The summed E-state index contributed by atoms with van der Waals surface area (Å²) in [6, 6.07) is 8.34. The molecule has 0 saturated carbocycles. The molecular formula is C25H42N4O3. The van der Waals surface area contributed by atoms with E-state index in [2.05, 4.69) is 46.3 Å². The number of guanidine groups is 1. The smallest absolute Gasteiger partial charge is 0.193 e. The highest BCUT2D eigenvalue weighted by atomic mass is 16.5. The van der Waals surface area contributed by atoms with Crippen LogP contribution in [0.1, 0.15) is 44.1 Å². The maximum absolute atomic E-state index is 6.15. The summed E-state index contributed by atoms with van der Waals surface area (Å²) >= 11 is 0. The van der Waals surface area contributed by atoms with E-state index in [0.29, 0.717) is 12.2 Å². The van der Waals surface area contributed by atoms with Gasteiger partial charge in [-0.3, -0.25) is 4.99 Å². The van der Waals surface area contributed by atoms with Gasteiger partial charge in [-0.25, -0.2) is 0 Å². The number of benzene rings is 1. The van der Waals surface area contributed by atoms with Gasteiger partial charge in [0.15, 0.2) is 5.96 Å². The molecule has 0 spiro atoms. The molecular weight excluding hydrogens is 404 g/mol. The standard InChI is InChI=1S/C25H42N4O3/c1-26-25(27-19-21-8-10-22(11-9-21)30-18-6-14-28(2)3)29-15-12-23(13-16-29)32-20-24-7-4-5-17-31-24/h8-11,23-24H,4-7,12-20H2,1-3H3,(H,26,27). The molecule has 2 fully saturated rings. The van der Waals surface area contributed by atoms with Gasteiger partial charge in [-0.1, -0.05) is 12.1 Å². The lowest BCUT2D eigenvalue weighted by Crippen LogP contribution is -2.47. The maximum Gasteiger partial charge on any atom is 0.193 e. The third kappa shape index (κ3) is 8.60. The Labute approximate surface area is 194 Å². The molecule has 3 rings (SSSR count). The van der Waals surface area contributed by atoms with Crippen LogP contribution in [0.15, 0.2) is 29.3 Å². The van der Waals surface area contributed by atoms with Crippen molar-refractivity contribution in [1.29, 1.82) is 0 Å². The first kappa shape index (κ1) is 24.8. The number of ether oxygens (including phenoxy) is 3. The van der Waals surface area contributed by atoms with E-state index in [1.54, 1.807) is 0 Å². The second kappa shape index (κ2) is 13.7. The maximum atomic E-state index is 6.15. The average Bonchev–Trinajstić information content (AvgIpc) is 2.83. The van der Waals surface area contributed by atoms with E-state index in [1.165, 1.54) is 18.4 Å². The first-order valence-corrected chi connectivity index (χ1v) is 12.2. The third-order valence-corrected chi connectivity index (χ3v) is 6.14. The lowest BCUT2D eigenvalue weighted by Gasteiger charge is -2.35.